The van der Waals surface area contributed by atoms with Crippen molar-refractivity contribution in [3.8, 4) is 5.75 Å². The third-order valence-electron chi connectivity index (χ3n) is 4.31. The molecule has 1 amide bonds. The molecule has 2 aliphatic rings. The Kier molecular flexibility index (Phi) is 3.47. The van der Waals surface area contributed by atoms with Gasteiger partial charge < -0.3 is 15.4 Å². The first-order valence-electron chi connectivity index (χ1n) is 7.25. The van der Waals surface area contributed by atoms with Crippen molar-refractivity contribution in [1.29, 1.82) is 0 Å². The number of nitrogens with two attached hydrogens (primary N) is 1. The highest BCUT2D eigenvalue weighted by molar-refractivity contribution is 5.76. The lowest BCUT2D eigenvalue weighted by Crippen LogP contribution is -2.54. The molecular weight excluding hydrogens is 311 g/mol. The van der Waals surface area contributed by atoms with Crippen LogP contribution in [-0.4, -0.2) is 42.2 Å². The molecule has 23 heavy (non-hydrogen) atoms. The second-order valence-corrected chi connectivity index (χ2v) is 6.49. The summed E-state index contributed by atoms with van der Waals surface area (Å²) in [6.07, 6.45) is -4.41. The molecule has 0 aromatic heterocycles. The molecule has 2 N–H and O–H groups in total. The summed E-state index contributed by atoms with van der Waals surface area (Å²) in [7, 11) is 0. The van der Waals surface area contributed by atoms with E-state index in [1.54, 1.807) is 0 Å². The van der Waals surface area contributed by atoms with Crippen LogP contribution in [0.4, 0.5) is 18.9 Å². The summed E-state index contributed by atoms with van der Waals surface area (Å²) in [6.45, 7) is 4.69. The number of hydrogen-bond acceptors (Lipinski definition) is 4. The number of amides is 1. The summed E-state index contributed by atoms with van der Waals surface area (Å²) < 4.78 is 44.8. The Bertz CT molecular complexity index is 645. The van der Waals surface area contributed by atoms with Crippen molar-refractivity contribution in [3.63, 3.8) is 0 Å². The number of hydrogen-bond donors (Lipinski definition) is 1. The van der Waals surface area contributed by atoms with Gasteiger partial charge in [-0.15, -0.1) is 0 Å². The lowest BCUT2D eigenvalue weighted by Gasteiger charge is -2.44. The summed E-state index contributed by atoms with van der Waals surface area (Å²) in [5.74, 6) is -0.0481. The Morgan fingerprint density at radius 1 is 1.43 bits per heavy atom. The van der Waals surface area contributed by atoms with Gasteiger partial charge in [0.05, 0.1) is 30.5 Å². The van der Waals surface area contributed by atoms with Crippen molar-refractivity contribution in [1.82, 2.24) is 4.90 Å². The fourth-order valence-electron chi connectivity index (χ4n) is 3.24. The van der Waals surface area contributed by atoms with Crippen LogP contribution >= 0.6 is 0 Å². The van der Waals surface area contributed by atoms with E-state index in [-0.39, 0.29) is 12.6 Å². The molecule has 0 aliphatic carbocycles. The predicted molar refractivity (Wildman–Crippen MR) is 78.1 cm³/mol. The minimum Gasteiger partial charge on any atom is -0.483 e. The number of ether oxygens (including phenoxy) is 1. The minimum absolute atomic E-state index is 0.0668. The monoisotopic (exact) mass is 329 g/mol. The largest absolute Gasteiger partial charge is 0.483 e. The average Bonchev–Trinajstić information content (AvgIpc) is 2.81. The van der Waals surface area contributed by atoms with Gasteiger partial charge in [-0.1, -0.05) is 0 Å². The molecular formula is C15H18F3N3O2. The number of halogens is 3. The number of primary amides is 1. The lowest BCUT2D eigenvalue weighted by molar-refractivity contribution is -0.137. The normalized spacial score (nSPS) is 23.2. The first-order chi connectivity index (χ1) is 10.6. The smallest absolute Gasteiger partial charge is 0.416 e. The molecule has 5 nitrogen and oxygen atoms in total. The fourth-order valence-corrected chi connectivity index (χ4v) is 3.24. The van der Waals surface area contributed by atoms with Gasteiger partial charge in [0.2, 0.25) is 5.91 Å². The zero-order chi connectivity index (χ0) is 17.0. The maximum absolute atomic E-state index is 13.0. The van der Waals surface area contributed by atoms with E-state index in [9.17, 15) is 18.0 Å². The third-order valence-corrected chi connectivity index (χ3v) is 4.31. The Morgan fingerprint density at radius 2 is 2.13 bits per heavy atom. The van der Waals surface area contributed by atoms with Gasteiger partial charge in [0.25, 0.3) is 0 Å². The predicted octanol–water partition coefficient (Wildman–Crippen LogP) is 1.81. The Hall–Kier alpha value is -1.96. The summed E-state index contributed by atoms with van der Waals surface area (Å²) in [4.78, 5) is 14.8. The molecule has 1 aromatic carbocycles. The van der Waals surface area contributed by atoms with Crippen molar-refractivity contribution >= 4 is 11.6 Å². The third kappa shape index (κ3) is 2.83. The van der Waals surface area contributed by atoms with Crippen LogP contribution < -0.4 is 15.4 Å². The van der Waals surface area contributed by atoms with Crippen molar-refractivity contribution in [2.24, 2.45) is 5.73 Å². The zero-order valence-electron chi connectivity index (χ0n) is 12.9. The molecule has 1 fully saturated rings. The van der Waals surface area contributed by atoms with Crippen LogP contribution in [0.15, 0.2) is 18.2 Å². The van der Waals surface area contributed by atoms with Crippen LogP contribution in [0.1, 0.15) is 19.4 Å². The molecule has 1 saturated heterocycles. The van der Waals surface area contributed by atoms with Crippen LogP contribution in [0.2, 0.25) is 0 Å². The molecule has 2 aliphatic heterocycles. The molecule has 3 rings (SSSR count). The molecule has 1 unspecified atom stereocenters. The van der Waals surface area contributed by atoms with E-state index in [1.165, 1.54) is 6.07 Å². The van der Waals surface area contributed by atoms with Crippen LogP contribution in [-0.2, 0) is 11.0 Å². The van der Waals surface area contributed by atoms with E-state index < -0.39 is 23.2 Å². The van der Waals surface area contributed by atoms with Gasteiger partial charge in [0.1, 0.15) is 11.4 Å². The zero-order valence-corrected chi connectivity index (χ0v) is 12.9. The van der Waals surface area contributed by atoms with E-state index >= 15 is 0 Å². The van der Waals surface area contributed by atoms with Gasteiger partial charge in [0.15, 0.2) is 0 Å². The number of rotatable bonds is 2. The van der Waals surface area contributed by atoms with E-state index in [1.807, 2.05) is 23.6 Å². The molecule has 0 radical (unpaired) electrons. The highest BCUT2D eigenvalue weighted by atomic mass is 19.4. The van der Waals surface area contributed by atoms with E-state index in [4.69, 9.17) is 10.5 Å². The van der Waals surface area contributed by atoms with Crippen molar-refractivity contribution < 1.29 is 22.7 Å². The first kappa shape index (κ1) is 15.9. The van der Waals surface area contributed by atoms with Crippen LogP contribution in [0.3, 0.4) is 0 Å². The van der Waals surface area contributed by atoms with Crippen molar-refractivity contribution in [3.05, 3.63) is 23.8 Å². The second kappa shape index (κ2) is 5.02. The van der Waals surface area contributed by atoms with Gasteiger partial charge in [-0.05, 0) is 32.0 Å². The summed E-state index contributed by atoms with van der Waals surface area (Å²) in [5.41, 5.74) is 4.32. The molecule has 8 heteroatoms. The summed E-state index contributed by atoms with van der Waals surface area (Å²) >= 11 is 0. The Morgan fingerprint density at radius 3 is 2.74 bits per heavy atom. The molecule has 2 heterocycles. The van der Waals surface area contributed by atoms with E-state index in [2.05, 4.69) is 0 Å². The van der Waals surface area contributed by atoms with Gasteiger partial charge in [0, 0.05) is 6.54 Å². The Balaban J connectivity index is 1.99. The second-order valence-electron chi connectivity index (χ2n) is 6.49. The number of anilines is 1. The topological polar surface area (TPSA) is 58.8 Å². The number of carbonyl (C=O) groups is 1. The first-order valence-corrected chi connectivity index (χ1v) is 7.25. The Labute approximate surface area is 131 Å². The number of fused-ring (bicyclic) bond motifs is 3. The van der Waals surface area contributed by atoms with Crippen LogP contribution in [0, 0.1) is 0 Å². The van der Waals surface area contributed by atoms with Crippen LogP contribution in [0.25, 0.3) is 0 Å². The average molecular weight is 329 g/mol. The molecule has 0 saturated carbocycles. The van der Waals surface area contributed by atoms with Crippen molar-refractivity contribution in [2.75, 3.05) is 24.7 Å². The maximum atomic E-state index is 13.0. The highest BCUT2D eigenvalue weighted by Gasteiger charge is 2.47. The van der Waals surface area contributed by atoms with Gasteiger partial charge in [-0.2, -0.15) is 13.2 Å². The van der Waals surface area contributed by atoms with Gasteiger partial charge in [-0.25, -0.2) is 0 Å². The fraction of sp³-hybridized carbons (Fsp3) is 0.533. The number of benzene rings is 1. The molecule has 1 atom stereocenters. The number of alkyl halides is 3. The van der Waals surface area contributed by atoms with E-state index in [0.717, 1.165) is 12.1 Å². The van der Waals surface area contributed by atoms with Gasteiger partial charge >= 0.3 is 6.18 Å². The van der Waals surface area contributed by atoms with E-state index in [0.29, 0.717) is 24.7 Å². The molecule has 126 valence electrons. The number of carbonyl (C=O) groups excluding carboxylic acids is 1. The number of nitrogens with zero attached hydrogens (tertiary/aromatic N) is 2. The quantitative estimate of drug-likeness (QED) is 0.899. The molecule has 0 spiro atoms. The molecule has 1 aromatic rings. The lowest BCUT2D eigenvalue weighted by atomic mass is 9.94. The molecule has 0 bridgehead atoms. The SMILES string of the molecule is CC1(C)Oc2ccc(C(F)(F)F)cc2N2CN(CC(N)=O)CC21. The van der Waals surface area contributed by atoms with Gasteiger partial charge in [-0.3, -0.25) is 9.69 Å². The minimum atomic E-state index is -4.41. The maximum Gasteiger partial charge on any atom is 0.416 e. The summed E-state index contributed by atoms with van der Waals surface area (Å²) in [6, 6.07) is 3.32. The summed E-state index contributed by atoms with van der Waals surface area (Å²) in [5, 5.41) is 0. The van der Waals surface area contributed by atoms with Crippen LogP contribution in [0.5, 0.6) is 5.75 Å². The standard InChI is InChI=1S/C15H18F3N3O2/c1-14(2)12-6-20(7-13(19)22)8-21(12)10-5-9(15(16,17)18)3-4-11(10)23-14/h3-5,12H,6-8H2,1-2H3,(H2,19,22). The highest BCUT2D eigenvalue weighted by Crippen LogP contribution is 2.45. The van der Waals surface area contributed by atoms with Crippen molar-refractivity contribution in [2.45, 2.75) is 31.7 Å².